The number of H-pyrrole nitrogens is 1. The van der Waals surface area contributed by atoms with Crippen LogP contribution in [0.3, 0.4) is 0 Å². The van der Waals surface area contributed by atoms with Gasteiger partial charge in [-0.2, -0.15) is 18.3 Å². The number of amides is 1. The normalized spacial score (nSPS) is 17.1. The van der Waals surface area contributed by atoms with Gasteiger partial charge in [0.05, 0.1) is 30.0 Å². The molecule has 1 aliphatic heterocycles. The molecule has 0 saturated heterocycles. The van der Waals surface area contributed by atoms with Gasteiger partial charge in [-0.1, -0.05) is 6.07 Å². The summed E-state index contributed by atoms with van der Waals surface area (Å²) in [6.45, 7) is -0.243. The fraction of sp³-hybridized carbons (Fsp3) is 0.238. The predicted molar refractivity (Wildman–Crippen MR) is 113 cm³/mol. The van der Waals surface area contributed by atoms with Crippen molar-refractivity contribution in [3.63, 3.8) is 0 Å². The minimum Gasteiger partial charge on any atom is -0.496 e. The minimum absolute atomic E-state index is 0.0492. The quantitative estimate of drug-likeness (QED) is 0.518. The third kappa shape index (κ3) is 4.07. The van der Waals surface area contributed by atoms with Crippen LogP contribution in [0.15, 0.2) is 52.5 Å². The molecule has 12 heteroatoms. The average Bonchev–Trinajstić information content (AvgIpc) is 3.20. The second-order valence-corrected chi connectivity index (χ2v) is 9.35. The van der Waals surface area contributed by atoms with Crippen molar-refractivity contribution in [1.29, 1.82) is 0 Å². The van der Waals surface area contributed by atoms with Crippen LogP contribution < -0.4 is 10.2 Å². The molecule has 3 aromatic rings. The van der Waals surface area contributed by atoms with Gasteiger partial charge in [0.25, 0.3) is 9.84 Å². The van der Waals surface area contributed by atoms with Crippen LogP contribution in [-0.2, 0) is 14.6 Å². The summed E-state index contributed by atoms with van der Waals surface area (Å²) in [5, 5.41) is 14.4. The number of rotatable bonds is 5. The van der Waals surface area contributed by atoms with Crippen LogP contribution in [0.4, 0.5) is 13.2 Å². The molecule has 0 bridgehead atoms. The lowest BCUT2D eigenvalue weighted by atomic mass is 9.92. The molecular weight excluding hydrogens is 463 g/mol. The van der Waals surface area contributed by atoms with Gasteiger partial charge in [0.15, 0.2) is 0 Å². The molecule has 0 fully saturated rings. The number of aromatic amines is 1. The van der Waals surface area contributed by atoms with E-state index in [0.29, 0.717) is 28.0 Å². The molecule has 8 nitrogen and oxygen atoms in total. The first-order valence-electron chi connectivity index (χ1n) is 9.65. The van der Waals surface area contributed by atoms with E-state index in [-0.39, 0.29) is 24.7 Å². The zero-order valence-corrected chi connectivity index (χ0v) is 17.9. The average molecular weight is 481 g/mol. The molecule has 2 aromatic carbocycles. The summed E-state index contributed by atoms with van der Waals surface area (Å²) in [5.41, 5.74) is -0.251. The Hall–Kier alpha value is -3.38. The van der Waals surface area contributed by atoms with Crippen LogP contribution in [0.5, 0.6) is 5.75 Å². The SMILES string of the molecule is COc1cc(S(=O)(=O)C(F)(F)F)ccc1-c1cc2cc(C3=NNC(=O)CC3CO)ccc2[nH]1. The van der Waals surface area contributed by atoms with Crippen LogP contribution in [0.25, 0.3) is 22.2 Å². The molecule has 3 N–H and O–H groups in total. The van der Waals surface area contributed by atoms with E-state index in [1.165, 1.54) is 13.2 Å². The van der Waals surface area contributed by atoms with Crippen LogP contribution >= 0.6 is 0 Å². The first-order valence-corrected chi connectivity index (χ1v) is 11.1. The van der Waals surface area contributed by atoms with E-state index in [0.717, 1.165) is 17.5 Å². The standard InChI is InChI=1S/C21H18F3N3O5S/c1-32-18-9-14(33(30,31)21(22,23)24)3-4-15(18)17-7-12-6-11(2-5-16(12)25-17)20-13(10-28)8-19(29)26-27-20/h2-7,9,13,25,28H,8,10H2,1H3,(H,26,29). The zero-order chi connectivity index (χ0) is 24.0. The van der Waals surface area contributed by atoms with Crippen LogP contribution in [0.2, 0.25) is 0 Å². The van der Waals surface area contributed by atoms with Gasteiger partial charge in [-0.15, -0.1) is 0 Å². The summed E-state index contributed by atoms with van der Waals surface area (Å²) in [4.78, 5) is 13.7. The summed E-state index contributed by atoms with van der Waals surface area (Å²) in [5.74, 6) is -0.782. The Morgan fingerprint density at radius 1 is 1.18 bits per heavy atom. The number of nitrogens with zero attached hydrogens (tertiary/aromatic N) is 1. The van der Waals surface area contributed by atoms with E-state index >= 15 is 0 Å². The molecule has 1 aromatic heterocycles. The Bertz CT molecular complexity index is 1380. The number of hydrogen-bond acceptors (Lipinski definition) is 6. The molecule has 0 aliphatic carbocycles. The van der Waals surface area contributed by atoms with E-state index < -0.39 is 26.2 Å². The van der Waals surface area contributed by atoms with Crippen molar-refractivity contribution in [2.45, 2.75) is 16.8 Å². The van der Waals surface area contributed by atoms with E-state index in [1.807, 2.05) is 0 Å². The molecule has 1 unspecified atom stereocenters. The lowest BCUT2D eigenvalue weighted by molar-refractivity contribution is -0.122. The lowest BCUT2D eigenvalue weighted by Crippen LogP contribution is -2.35. The maximum absolute atomic E-state index is 12.9. The maximum Gasteiger partial charge on any atom is 0.501 e. The highest BCUT2D eigenvalue weighted by Gasteiger charge is 2.47. The number of carbonyl (C=O) groups is 1. The first-order chi connectivity index (χ1) is 15.5. The van der Waals surface area contributed by atoms with Crippen LogP contribution in [0.1, 0.15) is 12.0 Å². The lowest BCUT2D eigenvalue weighted by Gasteiger charge is -2.20. The number of carbonyl (C=O) groups excluding carboxylic acids is 1. The number of sulfone groups is 1. The predicted octanol–water partition coefficient (Wildman–Crippen LogP) is 2.97. The molecule has 2 heterocycles. The number of halogens is 3. The molecule has 0 saturated carbocycles. The fourth-order valence-corrected chi connectivity index (χ4v) is 4.44. The van der Waals surface area contributed by atoms with Crippen molar-refractivity contribution in [3.8, 4) is 17.0 Å². The monoisotopic (exact) mass is 481 g/mol. The van der Waals surface area contributed by atoms with Crippen molar-refractivity contribution >= 4 is 32.4 Å². The van der Waals surface area contributed by atoms with Crippen molar-refractivity contribution < 1.29 is 36.2 Å². The van der Waals surface area contributed by atoms with Gasteiger partial charge >= 0.3 is 5.51 Å². The maximum atomic E-state index is 12.9. The molecule has 0 radical (unpaired) electrons. The zero-order valence-electron chi connectivity index (χ0n) is 17.1. The Labute approximate surface area is 186 Å². The number of hydrazone groups is 1. The Morgan fingerprint density at radius 3 is 2.61 bits per heavy atom. The van der Waals surface area contributed by atoms with Gasteiger partial charge in [0, 0.05) is 28.8 Å². The Kier molecular flexibility index (Phi) is 5.66. The number of benzene rings is 2. The van der Waals surface area contributed by atoms with Gasteiger partial charge in [0.1, 0.15) is 5.75 Å². The fourth-order valence-electron chi connectivity index (χ4n) is 3.66. The topological polar surface area (TPSA) is 121 Å². The highest BCUT2D eigenvalue weighted by atomic mass is 32.2. The second-order valence-electron chi connectivity index (χ2n) is 7.41. The number of aromatic nitrogens is 1. The first kappa shape index (κ1) is 22.8. The minimum atomic E-state index is -5.52. The van der Waals surface area contributed by atoms with Crippen LogP contribution in [-0.4, -0.2) is 49.4 Å². The molecular formula is C21H18F3N3O5S. The van der Waals surface area contributed by atoms with E-state index in [4.69, 9.17) is 4.74 Å². The van der Waals surface area contributed by atoms with E-state index in [9.17, 15) is 31.5 Å². The molecule has 33 heavy (non-hydrogen) atoms. The number of hydrogen-bond donors (Lipinski definition) is 3. The number of fused-ring (bicyclic) bond motifs is 1. The number of ether oxygens (including phenoxy) is 1. The Morgan fingerprint density at radius 2 is 1.94 bits per heavy atom. The number of nitrogens with one attached hydrogen (secondary N) is 2. The molecule has 1 atom stereocenters. The van der Waals surface area contributed by atoms with Gasteiger partial charge in [-0.05, 0) is 42.0 Å². The van der Waals surface area contributed by atoms with Crippen molar-refractivity contribution in [2.75, 3.05) is 13.7 Å². The number of alkyl halides is 3. The molecule has 1 aliphatic rings. The van der Waals surface area contributed by atoms with Crippen LogP contribution in [0, 0.1) is 5.92 Å². The number of methoxy groups -OCH3 is 1. The number of aliphatic hydroxyl groups is 1. The summed E-state index contributed by atoms with van der Waals surface area (Å²) in [7, 11) is -4.29. The van der Waals surface area contributed by atoms with Crippen molar-refractivity contribution in [1.82, 2.24) is 10.4 Å². The second kappa shape index (κ2) is 8.19. The van der Waals surface area contributed by atoms with Crippen molar-refractivity contribution in [3.05, 3.63) is 48.0 Å². The van der Waals surface area contributed by atoms with Gasteiger partial charge < -0.3 is 14.8 Å². The van der Waals surface area contributed by atoms with Gasteiger partial charge in [-0.3, -0.25) is 4.79 Å². The summed E-state index contributed by atoms with van der Waals surface area (Å²) < 4.78 is 67.3. The summed E-state index contributed by atoms with van der Waals surface area (Å²) >= 11 is 0. The van der Waals surface area contributed by atoms with Gasteiger partial charge in [-0.25, -0.2) is 13.8 Å². The Balaban J connectivity index is 1.75. The molecule has 0 spiro atoms. The summed E-state index contributed by atoms with van der Waals surface area (Å²) in [6, 6.07) is 10.00. The summed E-state index contributed by atoms with van der Waals surface area (Å²) in [6.07, 6.45) is 0.107. The molecule has 174 valence electrons. The van der Waals surface area contributed by atoms with E-state index in [1.54, 1.807) is 24.3 Å². The largest absolute Gasteiger partial charge is 0.501 e. The van der Waals surface area contributed by atoms with Crippen molar-refractivity contribution in [2.24, 2.45) is 11.0 Å². The highest BCUT2D eigenvalue weighted by molar-refractivity contribution is 7.92. The molecule has 4 rings (SSSR count). The number of aliphatic hydroxyl groups excluding tert-OH is 1. The highest BCUT2D eigenvalue weighted by Crippen LogP contribution is 2.37. The smallest absolute Gasteiger partial charge is 0.496 e. The molecule has 1 amide bonds. The third-order valence-corrected chi connectivity index (χ3v) is 6.82. The van der Waals surface area contributed by atoms with E-state index in [2.05, 4.69) is 15.5 Å². The van der Waals surface area contributed by atoms with Gasteiger partial charge in [0.2, 0.25) is 5.91 Å². The third-order valence-electron chi connectivity index (χ3n) is 5.33.